The maximum Gasteiger partial charge on any atom is 0.339 e. The number of aliphatic hydroxyl groups is 4. The lowest BCUT2D eigenvalue weighted by atomic mass is 9.97. The van der Waals surface area contributed by atoms with Crippen LogP contribution in [0.4, 0.5) is 4.79 Å². The Labute approximate surface area is 146 Å². The lowest BCUT2D eigenvalue weighted by molar-refractivity contribution is -0.252. The summed E-state index contributed by atoms with van der Waals surface area (Å²) in [5.41, 5.74) is 2.94. The molecule has 0 saturated carbocycles. The highest BCUT2D eigenvalue weighted by Gasteiger charge is 2.44. The first kappa shape index (κ1) is 21.3. The number of rotatable bonds is 5. The molecule has 1 saturated heterocycles. The third-order valence-electron chi connectivity index (χ3n) is 3.44. The summed E-state index contributed by atoms with van der Waals surface area (Å²) in [6.07, 6.45) is -5.66. The van der Waals surface area contributed by atoms with Gasteiger partial charge in [-0.3, -0.25) is 4.84 Å². The van der Waals surface area contributed by atoms with Crippen molar-refractivity contribution in [2.45, 2.75) is 51.1 Å². The van der Waals surface area contributed by atoms with Crippen molar-refractivity contribution in [3.05, 3.63) is 35.9 Å². The fourth-order valence-electron chi connectivity index (χ4n) is 2.19. The van der Waals surface area contributed by atoms with Crippen LogP contribution in [-0.2, 0) is 16.2 Å². The van der Waals surface area contributed by atoms with E-state index in [1.54, 1.807) is 0 Å². The summed E-state index contributed by atoms with van der Waals surface area (Å²) in [6.45, 7) is 3.56. The minimum atomic E-state index is -1.58. The van der Waals surface area contributed by atoms with Gasteiger partial charge >= 0.3 is 6.03 Å². The van der Waals surface area contributed by atoms with Gasteiger partial charge in [0.1, 0.15) is 24.4 Å². The van der Waals surface area contributed by atoms with E-state index >= 15 is 0 Å². The number of hydroxylamine groups is 1. The molecule has 1 aliphatic rings. The lowest BCUT2D eigenvalue weighted by Crippen LogP contribution is -2.65. The first-order valence-electron chi connectivity index (χ1n) is 8.05. The third-order valence-corrected chi connectivity index (χ3v) is 3.44. The summed E-state index contributed by atoms with van der Waals surface area (Å²) in [6, 6.07) is 7.03. The van der Waals surface area contributed by atoms with Gasteiger partial charge in [0, 0.05) is 0 Å². The zero-order chi connectivity index (χ0) is 18.8. The first-order valence-corrected chi connectivity index (χ1v) is 8.05. The molecule has 2 rings (SSSR count). The zero-order valence-electron chi connectivity index (χ0n) is 14.2. The number of amides is 2. The van der Waals surface area contributed by atoms with E-state index in [0.717, 1.165) is 5.56 Å². The van der Waals surface area contributed by atoms with Gasteiger partial charge in [0.2, 0.25) is 0 Å². The lowest BCUT2D eigenvalue weighted by Gasteiger charge is -2.40. The fourth-order valence-corrected chi connectivity index (χ4v) is 2.19. The Bertz CT molecular complexity index is 503. The molecule has 0 aromatic heterocycles. The van der Waals surface area contributed by atoms with Crippen molar-refractivity contribution in [2.24, 2.45) is 0 Å². The van der Waals surface area contributed by atoms with E-state index < -0.39 is 43.3 Å². The van der Waals surface area contributed by atoms with E-state index in [9.17, 15) is 20.1 Å². The van der Waals surface area contributed by atoms with E-state index in [0.29, 0.717) is 0 Å². The number of ether oxygens (including phenoxy) is 1. The highest BCUT2D eigenvalue weighted by Crippen LogP contribution is 2.19. The molecule has 0 radical (unpaired) electrons. The van der Waals surface area contributed by atoms with Crippen molar-refractivity contribution in [1.29, 1.82) is 0 Å². The maximum absolute atomic E-state index is 11.7. The van der Waals surface area contributed by atoms with Crippen LogP contribution < -0.4 is 10.8 Å². The van der Waals surface area contributed by atoms with Crippen molar-refractivity contribution >= 4 is 6.03 Å². The van der Waals surface area contributed by atoms with Crippen molar-refractivity contribution in [1.82, 2.24) is 10.8 Å². The predicted molar refractivity (Wildman–Crippen MR) is 88.0 cm³/mol. The predicted octanol–water partition coefficient (Wildman–Crippen LogP) is -0.756. The largest absolute Gasteiger partial charge is 0.394 e. The summed E-state index contributed by atoms with van der Waals surface area (Å²) >= 11 is 0. The Hall–Kier alpha value is -1.75. The van der Waals surface area contributed by atoms with Crippen LogP contribution in [0.15, 0.2) is 30.3 Å². The van der Waals surface area contributed by atoms with Crippen LogP contribution in [0.1, 0.15) is 19.4 Å². The molecule has 1 aromatic rings. The normalized spacial score (nSPS) is 28.5. The fraction of sp³-hybridized carbons (Fsp3) is 0.562. The summed E-state index contributed by atoms with van der Waals surface area (Å²) < 4.78 is 4.92. The molecular weight excluding hydrogens is 332 g/mol. The highest BCUT2D eigenvalue weighted by atomic mass is 16.7. The molecule has 1 unspecified atom stereocenters. The Morgan fingerprint density at radius 3 is 2.40 bits per heavy atom. The monoisotopic (exact) mass is 358 g/mol. The van der Waals surface area contributed by atoms with Crippen LogP contribution >= 0.6 is 0 Å². The molecular formula is C16H26N2O7. The number of aliphatic hydroxyl groups excluding tert-OH is 4. The Morgan fingerprint density at radius 2 is 1.80 bits per heavy atom. The van der Waals surface area contributed by atoms with E-state index in [-0.39, 0.29) is 6.61 Å². The molecule has 0 spiro atoms. The zero-order valence-corrected chi connectivity index (χ0v) is 14.2. The quantitative estimate of drug-likeness (QED) is 0.380. The minimum Gasteiger partial charge on any atom is -0.394 e. The molecule has 25 heavy (non-hydrogen) atoms. The second-order valence-corrected chi connectivity index (χ2v) is 5.10. The van der Waals surface area contributed by atoms with Gasteiger partial charge in [-0.05, 0) is 5.56 Å². The number of hydrogen-bond acceptors (Lipinski definition) is 7. The summed E-state index contributed by atoms with van der Waals surface area (Å²) in [7, 11) is 0. The average molecular weight is 358 g/mol. The second-order valence-electron chi connectivity index (χ2n) is 5.10. The van der Waals surface area contributed by atoms with Crippen LogP contribution in [0.5, 0.6) is 0 Å². The van der Waals surface area contributed by atoms with Crippen LogP contribution in [0.3, 0.4) is 0 Å². The number of carbonyl (C=O) groups excluding carboxylic acids is 1. The van der Waals surface area contributed by atoms with Crippen LogP contribution in [0.2, 0.25) is 0 Å². The molecule has 2 amide bonds. The van der Waals surface area contributed by atoms with Gasteiger partial charge in [-0.1, -0.05) is 44.2 Å². The van der Waals surface area contributed by atoms with Crippen LogP contribution in [-0.4, -0.2) is 63.7 Å². The standard InChI is InChI=1S/C14H20N2O7.C2H6/c17-6-9-11(18)12(19)10(13(20)23-9)15-14(21)16-22-7-8-4-2-1-3-5-8;1-2/h1-5,9-13,17-20H,6-7H2,(H2,15,16,21);1-2H3/t9-,10-,11-,12-,13?;/m1./s1. The molecule has 6 N–H and O–H groups in total. The van der Waals surface area contributed by atoms with Crippen molar-refractivity contribution < 1.29 is 34.8 Å². The number of urea groups is 1. The molecule has 0 aliphatic carbocycles. The average Bonchev–Trinajstić information content (AvgIpc) is 2.64. The van der Waals surface area contributed by atoms with Crippen molar-refractivity contribution in [2.75, 3.05) is 6.61 Å². The van der Waals surface area contributed by atoms with E-state index in [1.807, 2.05) is 44.2 Å². The summed E-state index contributed by atoms with van der Waals surface area (Å²) in [4.78, 5) is 16.7. The maximum atomic E-state index is 11.7. The van der Waals surface area contributed by atoms with Gasteiger partial charge < -0.3 is 30.5 Å². The molecule has 1 fully saturated rings. The molecule has 0 bridgehead atoms. The first-order chi connectivity index (χ1) is 12.0. The van der Waals surface area contributed by atoms with E-state index in [4.69, 9.17) is 14.7 Å². The van der Waals surface area contributed by atoms with E-state index in [2.05, 4.69) is 10.8 Å². The van der Waals surface area contributed by atoms with Gasteiger partial charge in [-0.15, -0.1) is 0 Å². The van der Waals surface area contributed by atoms with Gasteiger partial charge in [-0.2, -0.15) is 0 Å². The van der Waals surface area contributed by atoms with Crippen LogP contribution in [0, 0.1) is 0 Å². The molecule has 1 heterocycles. The number of hydrogen-bond donors (Lipinski definition) is 6. The second kappa shape index (κ2) is 11.0. The molecule has 142 valence electrons. The molecule has 9 heteroatoms. The van der Waals surface area contributed by atoms with E-state index in [1.165, 1.54) is 0 Å². The highest BCUT2D eigenvalue weighted by molar-refractivity contribution is 5.73. The number of carbonyl (C=O) groups is 1. The SMILES string of the molecule is CC.O=C(NOCc1ccccc1)N[C@H]1C(O)O[C@H](CO)[C@@H](O)[C@@H]1O. The van der Waals surface area contributed by atoms with Gasteiger partial charge in [-0.25, -0.2) is 10.3 Å². The summed E-state index contributed by atoms with van der Waals surface area (Å²) in [5, 5.41) is 40.5. The van der Waals surface area contributed by atoms with Gasteiger partial charge in [0.05, 0.1) is 13.2 Å². The minimum absolute atomic E-state index is 0.135. The van der Waals surface area contributed by atoms with Crippen molar-refractivity contribution in [3.63, 3.8) is 0 Å². The van der Waals surface area contributed by atoms with Gasteiger partial charge in [0.25, 0.3) is 0 Å². The molecule has 9 nitrogen and oxygen atoms in total. The number of nitrogens with one attached hydrogen (secondary N) is 2. The molecule has 1 aromatic carbocycles. The molecule has 1 aliphatic heterocycles. The smallest absolute Gasteiger partial charge is 0.339 e. The Balaban J connectivity index is 0.00000151. The Morgan fingerprint density at radius 1 is 1.16 bits per heavy atom. The van der Waals surface area contributed by atoms with Crippen LogP contribution in [0.25, 0.3) is 0 Å². The Kier molecular flexibility index (Phi) is 9.35. The number of benzene rings is 1. The third kappa shape index (κ3) is 6.24. The van der Waals surface area contributed by atoms with Crippen molar-refractivity contribution in [3.8, 4) is 0 Å². The molecule has 5 atom stereocenters. The topological polar surface area (TPSA) is 141 Å². The summed E-state index contributed by atoms with van der Waals surface area (Å²) in [5.74, 6) is 0. The van der Waals surface area contributed by atoms with Gasteiger partial charge in [0.15, 0.2) is 6.29 Å².